The van der Waals surface area contributed by atoms with Gasteiger partial charge in [-0.1, -0.05) is 6.92 Å². The highest BCUT2D eigenvalue weighted by molar-refractivity contribution is 7.09. The molecule has 1 atom stereocenters. The molecule has 17 heavy (non-hydrogen) atoms. The van der Waals surface area contributed by atoms with Gasteiger partial charge in [-0.25, -0.2) is 4.98 Å². The van der Waals surface area contributed by atoms with Gasteiger partial charge in [0.15, 0.2) is 0 Å². The maximum Gasteiger partial charge on any atom is 0.240 e. The van der Waals surface area contributed by atoms with Gasteiger partial charge in [-0.05, 0) is 26.3 Å². The zero-order valence-electron chi connectivity index (χ0n) is 10.4. The SMILES string of the molecule is CCNC1CCCN(Cc2csc(C)n2)C1=O. The maximum atomic E-state index is 12.2. The Labute approximate surface area is 106 Å². The molecule has 4 nitrogen and oxygen atoms in total. The minimum absolute atomic E-state index is 0.00785. The van der Waals surface area contributed by atoms with E-state index in [1.165, 1.54) is 0 Å². The van der Waals surface area contributed by atoms with Gasteiger partial charge in [0.25, 0.3) is 0 Å². The molecule has 1 fully saturated rings. The number of nitrogens with one attached hydrogen (secondary N) is 1. The molecule has 0 aliphatic carbocycles. The number of carbonyl (C=O) groups is 1. The van der Waals surface area contributed by atoms with Crippen molar-refractivity contribution < 1.29 is 4.79 Å². The third kappa shape index (κ3) is 3.04. The van der Waals surface area contributed by atoms with Crippen molar-refractivity contribution in [2.45, 2.75) is 39.3 Å². The highest BCUT2D eigenvalue weighted by atomic mass is 32.1. The van der Waals surface area contributed by atoms with E-state index in [1.54, 1.807) is 11.3 Å². The third-order valence-corrected chi connectivity index (χ3v) is 3.82. The Morgan fingerprint density at radius 2 is 2.47 bits per heavy atom. The van der Waals surface area contributed by atoms with Gasteiger partial charge in [-0.3, -0.25) is 4.79 Å². The Morgan fingerprint density at radius 3 is 3.12 bits per heavy atom. The Hall–Kier alpha value is -0.940. The summed E-state index contributed by atoms with van der Waals surface area (Å²) in [7, 11) is 0. The van der Waals surface area contributed by atoms with Gasteiger partial charge in [0.1, 0.15) is 0 Å². The molecule has 2 rings (SSSR count). The van der Waals surface area contributed by atoms with Crippen LogP contribution in [0.2, 0.25) is 0 Å². The molecule has 1 aromatic heterocycles. The van der Waals surface area contributed by atoms with E-state index < -0.39 is 0 Å². The number of nitrogens with zero attached hydrogens (tertiary/aromatic N) is 2. The van der Waals surface area contributed by atoms with Crippen LogP contribution in [0.3, 0.4) is 0 Å². The van der Waals surface area contributed by atoms with E-state index in [0.29, 0.717) is 6.54 Å². The lowest BCUT2D eigenvalue weighted by atomic mass is 10.0. The van der Waals surface area contributed by atoms with Crippen molar-refractivity contribution in [1.29, 1.82) is 0 Å². The predicted molar refractivity (Wildman–Crippen MR) is 69.0 cm³/mol. The molecule has 1 unspecified atom stereocenters. The first-order valence-electron chi connectivity index (χ1n) is 6.14. The number of aryl methyl sites for hydroxylation is 1. The molecular formula is C12H19N3OS. The number of thiazole rings is 1. The Morgan fingerprint density at radius 1 is 1.65 bits per heavy atom. The number of piperidine rings is 1. The van der Waals surface area contributed by atoms with Crippen molar-refractivity contribution in [2.24, 2.45) is 0 Å². The quantitative estimate of drug-likeness (QED) is 0.885. The molecule has 0 aromatic carbocycles. The van der Waals surface area contributed by atoms with Crippen molar-refractivity contribution in [3.63, 3.8) is 0 Å². The normalized spacial score (nSPS) is 20.9. The van der Waals surface area contributed by atoms with E-state index >= 15 is 0 Å². The van der Waals surface area contributed by atoms with Gasteiger partial charge in [-0.15, -0.1) is 11.3 Å². The number of likely N-dealkylation sites (N-methyl/N-ethyl adjacent to an activating group) is 1. The first-order valence-corrected chi connectivity index (χ1v) is 7.02. The van der Waals surface area contributed by atoms with Crippen LogP contribution in [0.5, 0.6) is 0 Å². The summed E-state index contributed by atoms with van der Waals surface area (Å²) >= 11 is 1.64. The molecule has 0 spiro atoms. The summed E-state index contributed by atoms with van der Waals surface area (Å²) in [5.41, 5.74) is 1.01. The summed E-state index contributed by atoms with van der Waals surface area (Å²) < 4.78 is 0. The highest BCUT2D eigenvalue weighted by Gasteiger charge is 2.28. The lowest BCUT2D eigenvalue weighted by Crippen LogP contribution is -2.50. The van der Waals surface area contributed by atoms with E-state index in [-0.39, 0.29) is 11.9 Å². The lowest BCUT2D eigenvalue weighted by Gasteiger charge is -2.32. The molecular weight excluding hydrogens is 234 g/mol. The van der Waals surface area contributed by atoms with Gasteiger partial charge in [0.2, 0.25) is 5.91 Å². The summed E-state index contributed by atoms with van der Waals surface area (Å²) in [4.78, 5) is 18.5. The van der Waals surface area contributed by atoms with Crippen molar-refractivity contribution in [3.8, 4) is 0 Å². The van der Waals surface area contributed by atoms with Crippen LogP contribution in [0.4, 0.5) is 0 Å². The topological polar surface area (TPSA) is 45.2 Å². The van der Waals surface area contributed by atoms with Crippen molar-refractivity contribution >= 4 is 17.2 Å². The number of hydrogen-bond donors (Lipinski definition) is 1. The molecule has 1 aliphatic heterocycles. The Bertz CT molecular complexity index is 389. The van der Waals surface area contributed by atoms with Crippen LogP contribution < -0.4 is 5.32 Å². The summed E-state index contributed by atoms with van der Waals surface area (Å²) in [6.45, 7) is 6.39. The van der Waals surface area contributed by atoms with Gasteiger partial charge in [0, 0.05) is 11.9 Å². The Kier molecular flexibility index (Phi) is 4.12. The first kappa shape index (κ1) is 12.5. The van der Waals surface area contributed by atoms with Crippen molar-refractivity contribution in [1.82, 2.24) is 15.2 Å². The van der Waals surface area contributed by atoms with Crippen LogP contribution in [0, 0.1) is 6.92 Å². The number of carbonyl (C=O) groups excluding carboxylic acids is 1. The van der Waals surface area contributed by atoms with Crippen molar-refractivity contribution in [3.05, 3.63) is 16.1 Å². The number of aromatic nitrogens is 1. The second kappa shape index (κ2) is 5.60. The average Bonchev–Trinajstić information content (AvgIpc) is 2.70. The van der Waals surface area contributed by atoms with Crippen LogP contribution in [0.1, 0.15) is 30.5 Å². The molecule has 0 saturated carbocycles. The molecule has 1 aliphatic rings. The molecule has 0 radical (unpaired) electrons. The Balaban J connectivity index is 1.98. The standard InChI is InChI=1S/C12H19N3OS/c1-3-13-11-5-4-6-15(12(11)16)7-10-8-17-9(2)14-10/h8,11,13H,3-7H2,1-2H3. The van der Waals surface area contributed by atoms with Crippen LogP contribution >= 0.6 is 11.3 Å². The fourth-order valence-corrected chi connectivity index (χ4v) is 2.81. The summed E-state index contributed by atoms with van der Waals surface area (Å²) in [5, 5.41) is 6.35. The van der Waals surface area contributed by atoms with Crippen LogP contribution in [-0.4, -0.2) is 34.9 Å². The number of amides is 1. The zero-order valence-corrected chi connectivity index (χ0v) is 11.2. The van der Waals surface area contributed by atoms with Crippen molar-refractivity contribution in [2.75, 3.05) is 13.1 Å². The first-order chi connectivity index (χ1) is 8.20. The fourth-order valence-electron chi connectivity index (χ4n) is 2.21. The van der Waals surface area contributed by atoms with Gasteiger partial charge in [-0.2, -0.15) is 0 Å². The van der Waals surface area contributed by atoms with E-state index in [2.05, 4.69) is 10.3 Å². The van der Waals surface area contributed by atoms with Gasteiger partial charge >= 0.3 is 0 Å². The molecule has 5 heteroatoms. The summed E-state index contributed by atoms with van der Waals surface area (Å²) in [6, 6.07) is 0.00785. The number of likely N-dealkylation sites (tertiary alicyclic amines) is 1. The summed E-state index contributed by atoms with van der Waals surface area (Å²) in [5.74, 6) is 0.226. The molecule has 2 heterocycles. The molecule has 0 bridgehead atoms. The third-order valence-electron chi connectivity index (χ3n) is 3.00. The predicted octanol–water partition coefficient (Wildman–Crippen LogP) is 1.55. The molecule has 1 amide bonds. The largest absolute Gasteiger partial charge is 0.335 e. The van der Waals surface area contributed by atoms with Crippen LogP contribution in [0.15, 0.2) is 5.38 Å². The van der Waals surface area contributed by atoms with Gasteiger partial charge < -0.3 is 10.2 Å². The smallest absolute Gasteiger partial charge is 0.240 e. The number of hydrogen-bond acceptors (Lipinski definition) is 4. The molecule has 1 N–H and O–H groups in total. The van der Waals surface area contributed by atoms with E-state index in [1.807, 2.05) is 24.1 Å². The summed E-state index contributed by atoms with van der Waals surface area (Å²) in [6.07, 6.45) is 2.03. The zero-order chi connectivity index (χ0) is 12.3. The minimum Gasteiger partial charge on any atom is -0.335 e. The van der Waals surface area contributed by atoms with E-state index in [0.717, 1.165) is 36.6 Å². The number of rotatable bonds is 4. The minimum atomic E-state index is 0.00785. The average molecular weight is 253 g/mol. The fraction of sp³-hybridized carbons (Fsp3) is 0.667. The van der Waals surface area contributed by atoms with Crippen LogP contribution in [0.25, 0.3) is 0 Å². The van der Waals surface area contributed by atoms with E-state index in [9.17, 15) is 4.79 Å². The van der Waals surface area contributed by atoms with Crippen LogP contribution in [-0.2, 0) is 11.3 Å². The second-order valence-corrected chi connectivity index (χ2v) is 5.43. The molecule has 1 saturated heterocycles. The monoisotopic (exact) mass is 253 g/mol. The highest BCUT2D eigenvalue weighted by Crippen LogP contribution is 2.16. The maximum absolute atomic E-state index is 12.2. The lowest BCUT2D eigenvalue weighted by molar-refractivity contribution is -0.136. The molecule has 1 aromatic rings. The van der Waals surface area contributed by atoms with E-state index in [4.69, 9.17) is 0 Å². The molecule has 94 valence electrons. The van der Waals surface area contributed by atoms with Gasteiger partial charge in [0.05, 0.1) is 23.3 Å². The second-order valence-electron chi connectivity index (χ2n) is 4.37.